The molecule has 0 aliphatic carbocycles. The number of benzene rings is 2. The highest BCUT2D eigenvalue weighted by molar-refractivity contribution is 5.87. The zero-order valence-corrected chi connectivity index (χ0v) is 10.1. The van der Waals surface area contributed by atoms with Gasteiger partial charge in [0.05, 0.1) is 6.10 Å². The van der Waals surface area contributed by atoms with Gasteiger partial charge in [0.25, 0.3) is 0 Å². The average Bonchev–Trinajstić information content (AvgIpc) is 2.33. The number of rotatable bonds is 2. The fraction of sp³-hybridized carbons (Fsp3) is 0.333. The molecule has 2 aromatic carbocycles. The normalized spacial score (nSPS) is 13.0. The van der Waals surface area contributed by atoms with Gasteiger partial charge in [-0.05, 0) is 53.8 Å². The maximum Gasteiger partial charge on any atom is 0.0790 e. The molecule has 0 heterocycles. The van der Waals surface area contributed by atoms with E-state index in [0.717, 1.165) is 12.0 Å². The Hall–Kier alpha value is -1.34. The molecule has 0 saturated carbocycles. The Bertz CT molecular complexity index is 514. The van der Waals surface area contributed by atoms with E-state index in [1.165, 1.54) is 21.9 Å². The summed E-state index contributed by atoms with van der Waals surface area (Å²) in [6.45, 7) is 6.23. The summed E-state index contributed by atoms with van der Waals surface area (Å²) in [7, 11) is 0. The van der Waals surface area contributed by atoms with Crippen molar-refractivity contribution in [2.24, 2.45) is 0 Å². The highest BCUT2D eigenvalue weighted by atomic mass is 16.3. The van der Waals surface area contributed by atoms with E-state index in [1.54, 1.807) is 0 Å². The summed E-state index contributed by atoms with van der Waals surface area (Å²) in [5.41, 5.74) is 3.56. The third-order valence-corrected chi connectivity index (χ3v) is 3.42. The van der Waals surface area contributed by atoms with Gasteiger partial charge in [-0.1, -0.05) is 31.2 Å². The Kier molecular flexibility index (Phi) is 2.97. The summed E-state index contributed by atoms with van der Waals surface area (Å²) in [4.78, 5) is 0. The molecule has 0 bridgehead atoms. The standard InChI is InChI=1S/C15H18O/c1-4-15(16)14-9-12-7-5-6-8-13(12)10(2)11(14)3/h5-9,15-16H,4H2,1-3H3/t15-/m1/s1. The number of fused-ring (bicyclic) bond motifs is 1. The van der Waals surface area contributed by atoms with Gasteiger partial charge in [0, 0.05) is 0 Å². The molecule has 1 nitrogen and oxygen atoms in total. The fourth-order valence-corrected chi connectivity index (χ4v) is 2.22. The number of aliphatic hydroxyl groups is 1. The second-order valence-corrected chi connectivity index (χ2v) is 4.36. The SMILES string of the molecule is CC[C@@H](O)c1cc2ccccc2c(C)c1C. The van der Waals surface area contributed by atoms with E-state index in [1.807, 2.05) is 13.0 Å². The van der Waals surface area contributed by atoms with Gasteiger partial charge in [-0.2, -0.15) is 0 Å². The predicted octanol–water partition coefficient (Wildman–Crippen LogP) is 3.90. The second-order valence-electron chi connectivity index (χ2n) is 4.36. The first kappa shape index (κ1) is 11.2. The van der Waals surface area contributed by atoms with Gasteiger partial charge in [0.2, 0.25) is 0 Å². The average molecular weight is 214 g/mol. The molecule has 84 valence electrons. The largest absolute Gasteiger partial charge is 0.388 e. The monoisotopic (exact) mass is 214 g/mol. The molecule has 2 rings (SSSR count). The first-order valence-electron chi connectivity index (χ1n) is 5.82. The highest BCUT2D eigenvalue weighted by Crippen LogP contribution is 2.29. The topological polar surface area (TPSA) is 20.2 Å². The Labute approximate surface area is 96.7 Å². The van der Waals surface area contributed by atoms with Crippen LogP contribution in [0.1, 0.15) is 36.1 Å². The lowest BCUT2D eigenvalue weighted by molar-refractivity contribution is 0.173. The van der Waals surface area contributed by atoms with E-state index in [0.29, 0.717) is 0 Å². The van der Waals surface area contributed by atoms with Crippen LogP contribution in [-0.4, -0.2) is 5.11 Å². The molecule has 1 atom stereocenters. The molecular weight excluding hydrogens is 196 g/mol. The van der Waals surface area contributed by atoms with Crippen molar-refractivity contribution in [3.63, 3.8) is 0 Å². The maximum absolute atomic E-state index is 9.99. The van der Waals surface area contributed by atoms with E-state index >= 15 is 0 Å². The van der Waals surface area contributed by atoms with Crippen LogP contribution >= 0.6 is 0 Å². The van der Waals surface area contributed by atoms with Crippen molar-refractivity contribution in [3.05, 3.63) is 47.0 Å². The molecule has 0 fully saturated rings. The molecule has 16 heavy (non-hydrogen) atoms. The minimum atomic E-state index is -0.344. The van der Waals surface area contributed by atoms with Gasteiger partial charge in [-0.3, -0.25) is 0 Å². The summed E-state index contributed by atoms with van der Waals surface area (Å²) >= 11 is 0. The molecule has 0 aliphatic heterocycles. The van der Waals surface area contributed by atoms with Gasteiger partial charge in [0.1, 0.15) is 0 Å². The predicted molar refractivity (Wildman–Crippen MR) is 68.7 cm³/mol. The van der Waals surface area contributed by atoms with Gasteiger partial charge < -0.3 is 5.11 Å². The summed E-state index contributed by atoms with van der Waals surface area (Å²) in [5, 5.41) is 12.5. The smallest absolute Gasteiger partial charge is 0.0790 e. The lowest BCUT2D eigenvalue weighted by atomic mass is 9.92. The van der Waals surface area contributed by atoms with Crippen molar-refractivity contribution in [2.75, 3.05) is 0 Å². The summed E-state index contributed by atoms with van der Waals surface area (Å²) < 4.78 is 0. The van der Waals surface area contributed by atoms with Crippen molar-refractivity contribution >= 4 is 10.8 Å². The van der Waals surface area contributed by atoms with E-state index < -0.39 is 0 Å². The van der Waals surface area contributed by atoms with Gasteiger partial charge in [0.15, 0.2) is 0 Å². The van der Waals surface area contributed by atoms with Crippen molar-refractivity contribution in [2.45, 2.75) is 33.3 Å². The van der Waals surface area contributed by atoms with Crippen LogP contribution in [0, 0.1) is 13.8 Å². The molecule has 0 saturated heterocycles. The van der Waals surface area contributed by atoms with Crippen LogP contribution < -0.4 is 0 Å². The van der Waals surface area contributed by atoms with Crippen LogP contribution in [0.5, 0.6) is 0 Å². The third kappa shape index (κ3) is 1.72. The first-order chi connectivity index (χ1) is 7.65. The molecule has 2 aromatic rings. The van der Waals surface area contributed by atoms with Gasteiger partial charge in [-0.15, -0.1) is 0 Å². The summed E-state index contributed by atoms with van der Waals surface area (Å²) in [5.74, 6) is 0. The Morgan fingerprint density at radius 1 is 1.12 bits per heavy atom. The molecule has 1 heteroatoms. The number of hydrogen-bond acceptors (Lipinski definition) is 1. The number of aliphatic hydroxyl groups excluding tert-OH is 1. The summed E-state index contributed by atoms with van der Waals surface area (Å²) in [6.07, 6.45) is 0.418. The minimum absolute atomic E-state index is 0.344. The quantitative estimate of drug-likeness (QED) is 0.803. The van der Waals surface area contributed by atoms with E-state index in [2.05, 4.69) is 38.1 Å². The molecule has 0 unspecified atom stereocenters. The summed E-state index contributed by atoms with van der Waals surface area (Å²) in [6, 6.07) is 10.5. The highest BCUT2D eigenvalue weighted by Gasteiger charge is 2.12. The zero-order chi connectivity index (χ0) is 11.7. The lowest BCUT2D eigenvalue weighted by Gasteiger charge is -2.16. The third-order valence-electron chi connectivity index (χ3n) is 3.42. The van der Waals surface area contributed by atoms with E-state index in [4.69, 9.17) is 0 Å². The lowest BCUT2D eigenvalue weighted by Crippen LogP contribution is -2.00. The molecular formula is C15H18O. The fourth-order valence-electron chi connectivity index (χ4n) is 2.22. The minimum Gasteiger partial charge on any atom is -0.388 e. The molecule has 0 radical (unpaired) electrons. The van der Waals surface area contributed by atoms with Crippen molar-refractivity contribution < 1.29 is 5.11 Å². The molecule has 0 aromatic heterocycles. The molecule has 0 aliphatic rings. The molecule has 1 N–H and O–H groups in total. The van der Waals surface area contributed by atoms with Crippen LogP contribution in [0.25, 0.3) is 10.8 Å². The Morgan fingerprint density at radius 2 is 1.81 bits per heavy atom. The van der Waals surface area contributed by atoms with Crippen LogP contribution in [0.4, 0.5) is 0 Å². The molecule has 0 amide bonds. The van der Waals surface area contributed by atoms with Crippen molar-refractivity contribution in [1.29, 1.82) is 0 Å². The Balaban J connectivity index is 2.73. The second kappa shape index (κ2) is 4.26. The van der Waals surface area contributed by atoms with Crippen LogP contribution in [0.3, 0.4) is 0 Å². The van der Waals surface area contributed by atoms with Crippen LogP contribution in [0.2, 0.25) is 0 Å². The first-order valence-corrected chi connectivity index (χ1v) is 5.82. The van der Waals surface area contributed by atoms with Crippen LogP contribution in [0.15, 0.2) is 30.3 Å². The number of hydrogen-bond donors (Lipinski definition) is 1. The molecule has 0 spiro atoms. The maximum atomic E-state index is 9.99. The van der Waals surface area contributed by atoms with E-state index in [-0.39, 0.29) is 6.10 Å². The van der Waals surface area contributed by atoms with Crippen molar-refractivity contribution in [3.8, 4) is 0 Å². The van der Waals surface area contributed by atoms with Gasteiger partial charge >= 0.3 is 0 Å². The zero-order valence-electron chi connectivity index (χ0n) is 10.1. The Morgan fingerprint density at radius 3 is 2.50 bits per heavy atom. The van der Waals surface area contributed by atoms with Crippen molar-refractivity contribution in [1.82, 2.24) is 0 Å². The van der Waals surface area contributed by atoms with E-state index in [9.17, 15) is 5.11 Å². The van der Waals surface area contributed by atoms with Gasteiger partial charge in [-0.25, -0.2) is 0 Å². The number of aryl methyl sites for hydroxylation is 1. The van der Waals surface area contributed by atoms with Crippen LogP contribution in [-0.2, 0) is 0 Å².